The monoisotopic (exact) mass is 219 g/mol. The number of nitrogen functional groups attached to an aromatic ring is 1. The second-order valence-electron chi connectivity index (χ2n) is 3.14. The lowest BCUT2D eigenvalue weighted by atomic mass is 10.2. The number of alkyl halides is 3. The predicted octanol–water partition coefficient (Wildman–Crippen LogP) is 2.14. The minimum absolute atomic E-state index is 0.263. The Morgan fingerprint density at radius 2 is 2.07 bits per heavy atom. The molecule has 0 aliphatic heterocycles. The van der Waals surface area contributed by atoms with Gasteiger partial charge in [0.15, 0.2) is 0 Å². The molecular formula is C9H12F3N3. The van der Waals surface area contributed by atoms with E-state index >= 15 is 0 Å². The lowest BCUT2D eigenvalue weighted by molar-refractivity contribution is -0.136. The molecule has 1 aromatic heterocycles. The van der Waals surface area contributed by atoms with Crippen LogP contribution in [0, 0.1) is 0 Å². The van der Waals surface area contributed by atoms with E-state index in [1.165, 1.54) is 0 Å². The van der Waals surface area contributed by atoms with E-state index in [9.17, 15) is 13.2 Å². The van der Waals surface area contributed by atoms with Crippen molar-refractivity contribution in [2.24, 2.45) is 0 Å². The van der Waals surface area contributed by atoms with Gasteiger partial charge in [0.1, 0.15) is 5.82 Å². The first kappa shape index (κ1) is 11.6. The number of hydrogen-bond donors (Lipinski definition) is 1. The van der Waals surface area contributed by atoms with Gasteiger partial charge in [0.25, 0.3) is 0 Å². The molecule has 84 valence electrons. The maximum atomic E-state index is 12.5. The van der Waals surface area contributed by atoms with Crippen molar-refractivity contribution in [3.05, 3.63) is 17.8 Å². The van der Waals surface area contributed by atoms with Crippen molar-refractivity contribution in [2.45, 2.75) is 13.1 Å². The van der Waals surface area contributed by atoms with Crippen LogP contribution >= 0.6 is 0 Å². The van der Waals surface area contributed by atoms with Crippen LogP contribution in [0.3, 0.4) is 0 Å². The smallest absolute Gasteiger partial charge is 0.397 e. The molecule has 0 aromatic carbocycles. The zero-order valence-electron chi connectivity index (χ0n) is 8.47. The lowest BCUT2D eigenvalue weighted by Gasteiger charge is -2.18. The average Bonchev–Trinajstić information content (AvgIpc) is 2.15. The molecule has 0 saturated carbocycles. The first-order chi connectivity index (χ1) is 6.86. The van der Waals surface area contributed by atoms with Gasteiger partial charge >= 0.3 is 6.18 Å². The fraction of sp³-hybridized carbons (Fsp3) is 0.444. The fourth-order valence-corrected chi connectivity index (χ4v) is 1.07. The van der Waals surface area contributed by atoms with Gasteiger partial charge in [-0.1, -0.05) is 0 Å². The summed E-state index contributed by atoms with van der Waals surface area (Å²) in [5.74, 6) is 0.263. The summed E-state index contributed by atoms with van der Waals surface area (Å²) in [6, 6.07) is 0.957. The van der Waals surface area contributed by atoms with E-state index in [2.05, 4.69) is 4.98 Å². The van der Waals surface area contributed by atoms with E-state index in [1.807, 2.05) is 6.92 Å². The number of nitrogens with two attached hydrogens (primary N) is 1. The van der Waals surface area contributed by atoms with Crippen LogP contribution in [0.2, 0.25) is 0 Å². The zero-order valence-corrected chi connectivity index (χ0v) is 8.47. The summed E-state index contributed by atoms with van der Waals surface area (Å²) in [5.41, 5.74) is 4.03. The number of aromatic nitrogens is 1. The van der Waals surface area contributed by atoms with Crippen LogP contribution in [0.1, 0.15) is 12.5 Å². The maximum absolute atomic E-state index is 12.5. The number of nitrogens with zero attached hydrogens (tertiary/aromatic N) is 2. The van der Waals surface area contributed by atoms with Crippen LogP contribution in [0.4, 0.5) is 24.7 Å². The van der Waals surface area contributed by atoms with Crippen molar-refractivity contribution in [2.75, 3.05) is 24.2 Å². The topological polar surface area (TPSA) is 42.1 Å². The van der Waals surface area contributed by atoms with Gasteiger partial charge in [0.2, 0.25) is 0 Å². The summed E-state index contributed by atoms with van der Waals surface area (Å²) in [7, 11) is 1.67. The molecule has 1 aromatic rings. The third-order valence-corrected chi connectivity index (χ3v) is 2.09. The molecule has 0 radical (unpaired) electrons. The van der Waals surface area contributed by atoms with Crippen LogP contribution < -0.4 is 10.6 Å². The van der Waals surface area contributed by atoms with Crippen LogP contribution in [-0.2, 0) is 6.18 Å². The minimum atomic E-state index is -4.43. The highest BCUT2D eigenvalue weighted by atomic mass is 19.4. The van der Waals surface area contributed by atoms with Crippen molar-refractivity contribution >= 4 is 11.5 Å². The van der Waals surface area contributed by atoms with E-state index < -0.39 is 11.7 Å². The van der Waals surface area contributed by atoms with Gasteiger partial charge < -0.3 is 10.6 Å². The van der Waals surface area contributed by atoms with Crippen molar-refractivity contribution in [3.63, 3.8) is 0 Å². The summed E-state index contributed by atoms with van der Waals surface area (Å²) >= 11 is 0. The molecule has 6 heteroatoms. The Labute approximate surface area is 85.7 Å². The van der Waals surface area contributed by atoms with E-state index in [0.717, 1.165) is 12.3 Å². The Kier molecular flexibility index (Phi) is 3.06. The highest BCUT2D eigenvalue weighted by Gasteiger charge is 2.33. The second kappa shape index (κ2) is 3.96. The molecule has 15 heavy (non-hydrogen) atoms. The largest absolute Gasteiger partial charge is 0.418 e. The average molecular weight is 219 g/mol. The fourth-order valence-electron chi connectivity index (χ4n) is 1.07. The highest BCUT2D eigenvalue weighted by molar-refractivity contribution is 5.53. The predicted molar refractivity (Wildman–Crippen MR) is 52.6 cm³/mol. The third-order valence-electron chi connectivity index (χ3n) is 2.09. The van der Waals surface area contributed by atoms with Gasteiger partial charge in [0, 0.05) is 13.6 Å². The van der Waals surface area contributed by atoms with Crippen molar-refractivity contribution < 1.29 is 13.2 Å². The van der Waals surface area contributed by atoms with Gasteiger partial charge in [-0.05, 0) is 13.0 Å². The Morgan fingerprint density at radius 1 is 1.47 bits per heavy atom. The van der Waals surface area contributed by atoms with Crippen LogP contribution in [-0.4, -0.2) is 18.6 Å². The molecule has 0 atom stereocenters. The molecule has 1 heterocycles. The van der Waals surface area contributed by atoms with Crippen molar-refractivity contribution in [1.29, 1.82) is 0 Å². The van der Waals surface area contributed by atoms with E-state index in [-0.39, 0.29) is 11.5 Å². The van der Waals surface area contributed by atoms with Gasteiger partial charge in [-0.15, -0.1) is 0 Å². The molecule has 0 aliphatic carbocycles. The molecule has 1 rings (SSSR count). The standard InChI is InChI=1S/C9H12F3N3/c1-3-15(2)8-4-6(9(10,11)12)7(13)5-14-8/h4-5H,3,13H2,1-2H3. The molecule has 0 fully saturated rings. The molecule has 0 spiro atoms. The summed E-state index contributed by atoms with van der Waals surface area (Å²) in [6.45, 7) is 2.40. The first-order valence-electron chi connectivity index (χ1n) is 4.40. The molecule has 0 amide bonds. The van der Waals surface area contributed by atoms with E-state index in [1.54, 1.807) is 11.9 Å². The number of rotatable bonds is 2. The minimum Gasteiger partial charge on any atom is -0.397 e. The summed E-state index contributed by atoms with van der Waals surface area (Å²) < 4.78 is 37.4. The molecule has 0 aliphatic rings. The Morgan fingerprint density at radius 3 is 2.53 bits per heavy atom. The molecule has 2 N–H and O–H groups in total. The van der Waals surface area contributed by atoms with E-state index in [4.69, 9.17) is 5.73 Å². The Hall–Kier alpha value is -1.46. The Bertz CT molecular complexity index is 349. The normalized spacial score (nSPS) is 11.5. The number of pyridine rings is 1. The molecule has 0 unspecified atom stereocenters. The Balaban J connectivity index is 3.17. The highest BCUT2D eigenvalue weighted by Crippen LogP contribution is 2.34. The van der Waals surface area contributed by atoms with Crippen LogP contribution in [0.25, 0.3) is 0 Å². The molecule has 3 nitrogen and oxygen atoms in total. The molecular weight excluding hydrogens is 207 g/mol. The van der Waals surface area contributed by atoms with Gasteiger partial charge in [-0.3, -0.25) is 0 Å². The van der Waals surface area contributed by atoms with Gasteiger partial charge in [-0.25, -0.2) is 4.98 Å². The first-order valence-corrected chi connectivity index (χ1v) is 4.40. The molecule has 0 saturated heterocycles. The van der Waals surface area contributed by atoms with Crippen molar-refractivity contribution in [1.82, 2.24) is 4.98 Å². The van der Waals surface area contributed by atoms with E-state index in [0.29, 0.717) is 6.54 Å². The van der Waals surface area contributed by atoms with Gasteiger partial charge in [-0.2, -0.15) is 13.2 Å². The number of halogens is 3. The van der Waals surface area contributed by atoms with Crippen LogP contribution in [0.15, 0.2) is 12.3 Å². The lowest BCUT2D eigenvalue weighted by Crippen LogP contribution is -2.19. The summed E-state index contributed by atoms with van der Waals surface area (Å²) in [6.07, 6.45) is -3.40. The summed E-state index contributed by atoms with van der Waals surface area (Å²) in [5, 5.41) is 0. The molecule has 0 bridgehead atoms. The number of hydrogen-bond acceptors (Lipinski definition) is 3. The van der Waals surface area contributed by atoms with Crippen LogP contribution in [0.5, 0.6) is 0 Å². The zero-order chi connectivity index (χ0) is 11.6. The number of anilines is 2. The third kappa shape index (κ3) is 2.51. The van der Waals surface area contributed by atoms with Gasteiger partial charge in [0.05, 0.1) is 17.4 Å². The SMILES string of the molecule is CCN(C)c1cc(C(F)(F)F)c(N)cn1. The summed E-state index contributed by atoms with van der Waals surface area (Å²) in [4.78, 5) is 5.43. The second-order valence-corrected chi connectivity index (χ2v) is 3.14. The quantitative estimate of drug-likeness (QED) is 0.828. The maximum Gasteiger partial charge on any atom is 0.418 e. The van der Waals surface area contributed by atoms with Crippen molar-refractivity contribution in [3.8, 4) is 0 Å².